The molecule has 2 amide bonds. The molecule has 1 aliphatic rings. The first-order chi connectivity index (χ1) is 16.5. The number of para-hydroxylation sites is 1. The maximum atomic E-state index is 13.7. The van der Waals surface area contributed by atoms with Crippen LogP contribution in [-0.2, 0) is 13.1 Å². The van der Waals surface area contributed by atoms with Crippen LogP contribution in [0, 0.1) is 6.92 Å². The van der Waals surface area contributed by atoms with Crippen molar-refractivity contribution >= 4 is 23.2 Å². The second-order valence-electron chi connectivity index (χ2n) is 8.33. The molecule has 1 aliphatic heterocycles. The molecular formula is C28H25N3O3. The lowest BCUT2D eigenvalue weighted by Crippen LogP contribution is -2.30. The van der Waals surface area contributed by atoms with E-state index in [1.165, 1.54) is 7.11 Å². The number of aryl methyl sites for hydroxylation is 1. The quantitative estimate of drug-likeness (QED) is 0.460. The molecule has 0 aliphatic carbocycles. The molecule has 170 valence electrons. The van der Waals surface area contributed by atoms with Crippen LogP contribution in [0.25, 0.3) is 0 Å². The minimum Gasteiger partial charge on any atom is -0.495 e. The summed E-state index contributed by atoms with van der Waals surface area (Å²) in [4.78, 5) is 28.3. The first-order valence-corrected chi connectivity index (χ1v) is 11.1. The fourth-order valence-corrected chi connectivity index (χ4v) is 4.37. The Morgan fingerprint density at radius 3 is 2.53 bits per heavy atom. The molecule has 0 saturated heterocycles. The van der Waals surface area contributed by atoms with Crippen LogP contribution in [0.4, 0.5) is 11.4 Å². The van der Waals surface area contributed by atoms with Crippen molar-refractivity contribution in [1.29, 1.82) is 0 Å². The molecule has 0 atom stereocenters. The van der Waals surface area contributed by atoms with Crippen molar-refractivity contribution in [3.8, 4) is 5.75 Å². The highest BCUT2D eigenvalue weighted by molar-refractivity contribution is 6.09. The van der Waals surface area contributed by atoms with Gasteiger partial charge in [-0.3, -0.25) is 9.59 Å². The highest BCUT2D eigenvalue weighted by atomic mass is 16.5. The number of methoxy groups -OCH3 is 1. The third-order valence-electron chi connectivity index (χ3n) is 6.20. The molecule has 5 rings (SSSR count). The number of rotatable bonds is 4. The fourth-order valence-electron chi connectivity index (χ4n) is 4.37. The summed E-state index contributed by atoms with van der Waals surface area (Å²) in [5.74, 6) is 0.0779. The number of amides is 2. The topological polar surface area (TPSA) is 63.6 Å². The van der Waals surface area contributed by atoms with Gasteiger partial charge in [-0.1, -0.05) is 36.4 Å². The summed E-state index contributed by atoms with van der Waals surface area (Å²) in [6.07, 6.45) is 2.04. The number of hydrogen-bond acceptors (Lipinski definition) is 3. The van der Waals surface area contributed by atoms with E-state index in [1.54, 1.807) is 29.2 Å². The van der Waals surface area contributed by atoms with Crippen LogP contribution in [0.5, 0.6) is 5.75 Å². The standard InChI is InChI=1S/C28H25N3O3/c1-19-8-3-5-11-23(19)27(32)29-24-14-13-20(16-26(24)34-2)28(33)31-18-22-10-7-15-30(22)17-21-9-4-6-12-25(21)31/h3-16H,17-18H2,1-2H3,(H,29,32). The van der Waals surface area contributed by atoms with Gasteiger partial charge in [0.25, 0.3) is 11.8 Å². The van der Waals surface area contributed by atoms with E-state index < -0.39 is 0 Å². The zero-order valence-corrected chi connectivity index (χ0v) is 19.1. The number of anilines is 2. The van der Waals surface area contributed by atoms with E-state index in [2.05, 4.69) is 16.0 Å². The lowest BCUT2D eigenvalue weighted by atomic mass is 10.1. The second-order valence-corrected chi connectivity index (χ2v) is 8.33. The van der Waals surface area contributed by atoms with E-state index in [0.717, 1.165) is 29.1 Å². The minimum atomic E-state index is -0.224. The van der Waals surface area contributed by atoms with Gasteiger partial charge >= 0.3 is 0 Å². The molecule has 0 saturated carbocycles. The predicted molar refractivity (Wildman–Crippen MR) is 133 cm³/mol. The Kier molecular flexibility index (Phi) is 5.64. The van der Waals surface area contributed by atoms with Crippen molar-refractivity contribution in [2.24, 2.45) is 0 Å². The van der Waals surface area contributed by atoms with E-state index >= 15 is 0 Å². The molecule has 6 heteroatoms. The van der Waals surface area contributed by atoms with Gasteiger partial charge in [-0.25, -0.2) is 0 Å². The lowest BCUT2D eigenvalue weighted by Gasteiger charge is -2.23. The summed E-state index contributed by atoms with van der Waals surface area (Å²) in [7, 11) is 1.53. The number of nitrogens with one attached hydrogen (secondary N) is 1. The van der Waals surface area contributed by atoms with Crippen LogP contribution in [0.3, 0.4) is 0 Å². The first-order valence-electron chi connectivity index (χ1n) is 11.1. The number of carbonyl (C=O) groups is 2. The smallest absolute Gasteiger partial charge is 0.258 e. The third kappa shape index (κ3) is 3.94. The van der Waals surface area contributed by atoms with Crippen molar-refractivity contribution in [2.45, 2.75) is 20.0 Å². The van der Waals surface area contributed by atoms with E-state index in [4.69, 9.17) is 4.74 Å². The molecule has 0 fully saturated rings. The van der Waals surface area contributed by atoms with Gasteiger partial charge in [0.2, 0.25) is 0 Å². The van der Waals surface area contributed by atoms with E-state index in [-0.39, 0.29) is 11.8 Å². The second kappa shape index (κ2) is 8.90. The number of hydrogen-bond donors (Lipinski definition) is 1. The third-order valence-corrected chi connectivity index (χ3v) is 6.20. The Morgan fingerprint density at radius 2 is 1.71 bits per heavy atom. The van der Waals surface area contributed by atoms with Crippen molar-refractivity contribution < 1.29 is 14.3 Å². The molecule has 0 bridgehead atoms. The van der Waals surface area contributed by atoms with Crippen LogP contribution in [0.15, 0.2) is 85.1 Å². The molecule has 3 aromatic carbocycles. The van der Waals surface area contributed by atoms with E-state index in [0.29, 0.717) is 29.1 Å². The lowest BCUT2D eigenvalue weighted by molar-refractivity contribution is 0.0983. The molecule has 0 radical (unpaired) electrons. The number of ether oxygens (including phenoxy) is 1. The molecule has 2 heterocycles. The van der Waals surface area contributed by atoms with E-state index in [1.807, 2.05) is 61.7 Å². The van der Waals surface area contributed by atoms with Gasteiger partial charge in [-0.15, -0.1) is 0 Å². The van der Waals surface area contributed by atoms with Gasteiger partial charge < -0.3 is 19.5 Å². The zero-order valence-electron chi connectivity index (χ0n) is 19.1. The molecule has 34 heavy (non-hydrogen) atoms. The summed E-state index contributed by atoms with van der Waals surface area (Å²) >= 11 is 0. The summed E-state index contributed by atoms with van der Waals surface area (Å²) in [5, 5.41) is 2.91. The molecular weight excluding hydrogens is 426 g/mol. The monoisotopic (exact) mass is 451 g/mol. The van der Waals surface area contributed by atoms with Crippen LogP contribution in [0.2, 0.25) is 0 Å². The summed E-state index contributed by atoms with van der Waals surface area (Å²) in [6.45, 7) is 3.08. The molecule has 6 nitrogen and oxygen atoms in total. The average Bonchev–Trinajstić information content (AvgIpc) is 3.23. The molecule has 1 N–H and O–H groups in total. The van der Waals surface area contributed by atoms with Crippen molar-refractivity contribution in [3.05, 3.63) is 113 Å². The fraction of sp³-hybridized carbons (Fsp3) is 0.143. The van der Waals surface area contributed by atoms with Gasteiger partial charge in [0, 0.05) is 35.2 Å². The largest absolute Gasteiger partial charge is 0.495 e. The molecule has 0 spiro atoms. The Labute approximate surface area is 198 Å². The molecule has 1 aromatic heterocycles. The van der Waals surface area contributed by atoms with Crippen LogP contribution in [-0.4, -0.2) is 23.5 Å². The normalized spacial score (nSPS) is 12.4. The van der Waals surface area contributed by atoms with Crippen LogP contribution >= 0.6 is 0 Å². The summed E-state index contributed by atoms with van der Waals surface area (Å²) < 4.78 is 7.70. The predicted octanol–water partition coefficient (Wildman–Crippen LogP) is 5.27. The Bertz CT molecular complexity index is 1390. The van der Waals surface area contributed by atoms with Gasteiger partial charge in [0.15, 0.2) is 0 Å². The van der Waals surface area contributed by atoms with Gasteiger partial charge in [-0.2, -0.15) is 0 Å². The van der Waals surface area contributed by atoms with Gasteiger partial charge in [0.1, 0.15) is 5.75 Å². The highest BCUT2D eigenvalue weighted by Gasteiger charge is 2.25. The summed E-state index contributed by atoms with van der Waals surface area (Å²) in [6, 6.07) is 24.5. The Balaban J connectivity index is 1.46. The minimum absolute atomic E-state index is 0.128. The number of aromatic nitrogens is 1. The highest BCUT2D eigenvalue weighted by Crippen LogP contribution is 2.31. The summed E-state index contributed by atoms with van der Waals surface area (Å²) in [5.41, 5.74) is 5.52. The van der Waals surface area contributed by atoms with E-state index in [9.17, 15) is 9.59 Å². The van der Waals surface area contributed by atoms with Crippen molar-refractivity contribution in [1.82, 2.24) is 4.57 Å². The Hall–Kier alpha value is -4.32. The van der Waals surface area contributed by atoms with Crippen LogP contribution in [0.1, 0.15) is 37.5 Å². The number of benzene rings is 3. The zero-order chi connectivity index (χ0) is 23.7. The first kappa shape index (κ1) is 21.5. The van der Waals surface area contributed by atoms with Crippen molar-refractivity contribution in [2.75, 3.05) is 17.3 Å². The Morgan fingerprint density at radius 1 is 0.912 bits per heavy atom. The maximum absolute atomic E-state index is 13.7. The van der Waals surface area contributed by atoms with Gasteiger partial charge in [0.05, 0.1) is 19.3 Å². The number of carbonyl (C=O) groups excluding carboxylic acids is 2. The SMILES string of the molecule is COc1cc(C(=O)N2Cc3cccn3Cc3ccccc32)ccc1NC(=O)c1ccccc1C. The van der Waals surface area contributed by atoms with Gasteiger partial charge in [-0.05, 0) is 60.5 Å². The van der Waals surface area contributed by atoms with Crippen molar-refractivity contribution in [3.63, 3.8) is 0 Å². The molecule has 0 unspecified atom stereocenters. The average molecular weight is 452 g/mol. The number of fused-ring (bicyclic) bond motifs is 2. The maximum Gasteiger partial charge on any atom is 0.258 e. The molecule has 4 aromatic rings. The number of nitrogens with zero attached hydrogens (tertiary/aromatic N) is 2. The van der Waals surface area contributed by atoms with Crippen LogP contribution < -0.4 is 15.0 Å².